The van der Waals surface area contributed by atoms with Gasteiger partial charge in [0.05, 0.1) is 11.8 Å². The Labute approximate surface area is 258 Å². The van der Waals surface area contributed by atoms with Gasteiger partial charge < -0.3 is 28.7 Å². The van der Waals surface area contributed by atoms with Gasteiger partial charge in [0, 0.05) is 26.2 Å². The molecule has 7 rings (SSSR count). The van der Waals surface area contributed by atoms with E-state index in [-0.39, 0.29) is 49.1 Å². The summed E-state index contributed by atoms with van der Waals surface area (Å²) in [6, 6.07) is 11.8. The molecular formula is C36H40N2O6. The predicted molar refractivity (Wildman–Crippen MR) is 167 cm³/mol. The Morgan fingerprint density at radius 3 is 1.59 bits per heavy atom. The van der Waals surface area contributed by atoms with Crippen LogP contribution in [0.5, 0.6) is 23.0 Å². The second kappa shape index (κ2) is 12.8. The van der Waals surface area contributed by atoms with Gasteiger partial charge in [-0.15, -0.1) is 0 Å². The second-order valence-corrected chi connectivity index (χ2v) is 12.3. The summed E-state index contributed by atoms with van der Waals surface area (Å²) in [4.78, 5) is 32.3. The Bertz CT molecular complexity index is 1470. The summed E-state index contributed by atoms with van der Waals surface area (Å²) in [5, 5.41) is 0. The zero-order valence-corrected chi connectivity index (χ0v) is 25.1. The molecule has 0 radical (unpaired) electrons. The number of nitrogens with zero attached hydrogens (tertiary/aromatic N) is 2. The number of piperidine rings is 2. The molecule has 2 amide bonds. The first-order valence-electron chi connectivity index (χ1n) is 16.1. The average Bonchev–Trinajstić information content (AvgIpc) is 3.73. The third-order valence-corrected chi connectivity index (χ3v) is 9.60. The van der Waals surface area contributed by atoms with Gasteiger partial charge in [-0.2, -0.15) is 0 Å². The van der Waals surface area contributed by atoms with Crippen LogP contribution in [0.25, 0.3) is 12.2 Å². The number of hydrogen-bond donors (Lipinski definition) is 0. The lowest BCUT2D eigenvalue weighted by Gasteiger charge is -2.51. The Balaban J connectivity index is 1.17. The lowest BCUT2D eigenvalue weighted by atomic mass is 9.55. The topological polar surface area (TPSA) is 77.5 Å². The first-order valence-corrected chi connectivity index (χ1v) is 16.1. The molecule has 2 aromatic carbocycles. The lowest BCUT2D eigenvalue weighted by molar-refractivity contribution is -0.161. The first-order chi connectivity index (χ1) is 21.7. The summed E-state index contributed by atoms with van der Waals surface area (Å²) in [5.41, 5.74) is 1.99. The molecule has 44 heavy (non-hydrogen) atoms. The predicted octanol–water partition coefficient (Wildman–Crippen LogP) is 5.93. The van der Waals surface area contributed by atoms with Gasteiger partial charge in [-0.05, 0) is 85.8 Å². The molecule has 5 aliphatic rings. The summed E-state index contributed by atoms with van der Waals surface area (Å²) < 4.78 is 22.0. The number of carbonyl (C=O) groups is 2. The Kier molecular flexibility index (Phi) is 8.31. The zero-order valence-electron chi connectivity index (χ0n) is 25.1. The molecular weight excluding hydrogens is 556 g/mol. The number of allylic oxidation sites excluding steroid dienone is 4. The molecule has 4 heterocycles. The van der Waals surface area contributed by atoms with Crippen molar-refractivity contribution >= 4 is 24.0 Å². The number of ether oxygens (including phenoxy) is 4. The van der Waals surface area contributed by atoms with E-state index in [0.29, 0.717) is 0 Å². The van der Waals surface area contributed by atoms with Crippen LogP contribution in [0, 0.1) is 23.7 Å². The molecule has 2 aromatic rings. The van der Waals surface area contributed by atoms with Crippen LogP contribution in [0.3, 0.4) is 0 Å². The van der Waals surface area contributed by atoms with Crippen molar-refractivity contribution in [3.05, 3.63) is 71.8 Å². The van der Waals surface area contributed by atoms with Gasteiger partial charge in [-0.1, -0.05) is 48.6 Å². The zero-order chi connectivity index (χ0) is 29.9. The SMILES string of the molecule is O=C([C@H]1[C@H](C=CC=Cc2ccc3c(c2)OCO3)[C@@H](C=Cc2ccc3c(c2)OCO3)[C@@H]1C(=O)N1CCCCC1)N1CCCCC1. The smallest absolute Gasteiger partial charge is 0.231 e. The van der Waals surface area contributed by atoms with Gasteiger partial charge in [0.1, 0.15) is 0 Å². The van der Waals surface area contributed by atoms with Crippen molar-refractivity contribution in [2.45, 2.75) is 38.5 Å². The molecule has 4 atom stereocenters. The minimum Gasteiger partial charge on any atom is -0.454 e. The molecule has 2 saturated heterocycles. The molecule has 8 heteroatoms. The van der Waals surface area contributed by atoms with E-state index in [0.717, 1.165) is 98.8 Å². The van der Waals surface area contributed by atoms with E-state index >= 15 is 0 Å². The van der Waals surface area contributed by atoms with Gasteiger partial charge in [-0.3, -0.25) is 9.59 Å². The fourth-order valence-corrected chi connectivity index (χ4v) is 7.21. The minimum absolute atomic E-state index is 0.0881. The highest BCUT2D eigenvalue weighted by molar-refractivity contribution is 5.91. The minimum atomic E-state index is -0.375. The Morgan fingerprint density at radius 1 is 0.568 bits per heavy atom. The molecule has 230 valence electrons. The fourth-order valence-electron chi connectivity index (χ4n) is 7.21. The van der Waals surface area contributed by atoms with Crippen molar-refractivity contribution in [3.8, 4) is 23.0 Å². The van der Waals surface area contributed by atoms with Crippen LogP contribution in [-0.2, 0) is 9.59 Å². The van der Waals surface area contributed by atoms with Crippen LogP contribution in [0.1, 0.15) is 49.7 Å². The van der Waals surface area contributed by atoms with Gasteiger partial charge in [0.2, 0.25) is 25.4 Å². The maximum absolute atomic E-state index is 14.1. The molecule has 0 unspecified atom stereocenters. The maximum Gasteiger partial charge on any atom is 0.231 e. The van der Waals surface area contributed by atoms with E-state index in [4.69, 9.17) is 18.9 Å². The highest BCUT2D eigenvalue weighted by atomic mass is 16.7. The largest absolute Gasteiger partial charge is 0.454 e. The molecule has 1 saturated carbocycles. The van der Waals surface area contributed by atoms with E-state index in [1.165, 1.54) is 0 Å². The van der Waals surface area contributed by atoms with Crippen LogP contribution >= 0.6 is 0 Å². The number of benzene rings is 2. The summed E-state index contributed by atoms with van der Waals surface area (Å²) in [6.45, 7) is 3.57. The second-order valence-electron chi connectivity index (χ2n) is 12.3. The highest BCUT2D eigenvalue weighted by Gasteiger charge is 2.56. The maximum atomic E-state index is 14.1. The Hall–Kier alpha value is -4.20. The van der Waals surface area contributed by atoms with Crippen molar-refractivity contribution in [2.75, 3.05) is 39.8 Å². The lowest BCUT2D eigenvalue weighted by Crippen LogP contribution is -2.60. The number of fused-ring (bicyclic) bond motifs is 2. The van der Waals surface area contributed by atoms with Gasteiger partial charge in [0.25, 0.3) is 0 Å². The molecule has 8 nitrogen and oxygen atoms in total. The average molecular weight is 597 g/mol. The van der Waals surface area contributed by atoms with Crippen molar-refractivity contribution in [3.63, 3.8) is 0 Å². The number of rotatable bonds is 7. The van der Waals surface area contributed by atoms with Crippen LogP contribution < -0.4 is 18.9 Å². The van der Waals surface area contributed by atoms with Crippen LogP contribution in [0.4, 0.5) is 0 Å². The van der Waals surface area contributed by atoms with E-state index < -0.39 is 0 Å². The van der Waals surface area contributed by atoms with Crippen molar-refractivity contribution in [1.82, 2.24) is 9.80 Å². The quantitative estimate of drug-likeness (QED) is 0.369. The fraction of sp³-hybridized carbons (Fsp3) is 0.444. The Morgan fingerprint density at radius 2 is 1.05 bits per heavy atom. The number of likely N-dealkylation sites (tertiary alicyclic amines) is 2. The van der Waals surface area contributed by atoms with E-state index in [1.54, 1.807) is 0 Å². The van der Waals surface area contributed by atoms with Crippen molar-refractivity contribution in [1.29, 1.82) is 0 Å². The summed E-state index contributed by atoms with van der Waals surface area (Å²) in [7, 11) is 0. The standard InChI is InChI=1S/C36H40N2O6/c39-35(37-17-5-1-6-18-37)33-27(10-4-3-9-25-12-15-29-31(21-25)43-23-41-29)28(34(33)36(40)38-19-7-2-8-20-38)14-11-26-13-16-30-32(22-26)44-24-42-30/h3-4,9-16,21-22,27-28,33-34H,1-2,5-8,17-20,23-24H2/t27-,28-,33+,34+/m1/s1. The third-order valence-electron chi connectivity index (χ3n) is 9.60. The van der Waals surface area contributed by atoms with E-state index in [2.05, 4.69) is 18.2 Å². The summed E-state index contributed by atoms with van der Waals surface area (Å²) >= 11 is 0. The van der Waals surface area contributed by atoms with Gasteiger partial charge in [0.15, 0.2) is 23.0 Å². The monoisotopic (exact) mass is 596 g/mol. The molecule has 0 N–H and O–H groups in total. The highest BCUT2D eigenvalue weighted by Crippen LogP contribution is 2.50. The molecule has 1 aliphatic carbocycles. The third kappa shape index (κ3) is 5.82. The van der Waals surface area contributed by atoms with E-state index in [9.17, 15) is 9.59 Å². The van der Waals surface area contributed by atoms with Gasteiger partial charge >= 0.3 is 0 Å². The van der Waals surface area contributed by atoms with Crippen LogP contribution in [-0.4, -0.2) is 61.4 Å². The number of carbonyl (C=O) groups excluding carboxylic acids is 2. The molecule has 0 aromatic heterocycles. The molecule has 0 bridgehead atoms. The number of amides is 2. The first kappa shape index (κ1) is 28.6. The van der Waals surface area contributed by atoms with Crippen LogP contribution in [0.2, 0.25) is 0 Å². The summed E-state index contributed by atoms with van der Waals surface area (Å²) in [6.07, 6.45) is 18.8. The van der Waals surface area contributed by atoms with Gasteiger partial charge in [-0.25, -0.2) is 0 Å². The van der Waals surface area contributed by atoms with E-state index in [1.807, 2.05) is 64.4 Å². The van der Waals surface area contributed by atoms with Crippen LogP contribution in [0.15, 0.2) is 60.7 Å². The van der Waals surface area contributed by atoms with Crippen molar-refractivity contribution in [2.24, 2.45) is 23.7 Å². The molecule has 0 spiro atoms. The van der Waals surface area contributed by atoms with Crippen molar-refractivity contribution < 1.29 is 28.5 Å². The molecule has 3 fully saturated rings. The number of hydrogen-bond acceptors (Lipinski definition) is 6. The normalized spacial score (nSPS) is 26.1. The summed E-state index contributed by atoms with van der Waals surface area (Å²) in [5.74, 6) is 2.30. The molecule has 4 aliphatic heterocycles.